The fourth-order valence-electron chi connectivity index (χ4n) is 3.19. The lowest BCUT2D eigenvalue weighted by Crippen LogP contribution is -2.41. The van der Waals surface area contributed by atoms with Gasteiger partial charge in [-0.3, -0.25) is 4.79 Å². The molecule has 0 radical (unpaired) electrons. The molecule has 0 unspecified atom stereocenters. The standard InChI is InChI=1S/C17H25N5O5/c1-8(2)12(18)16(25)26-6-10-13(23)14(24)17(3,27-10)11-5-4-9-15(19)20-7-21-22(9)11/h4-5,7-8,10,12-14,23-24H,6,18H2,1-3H3,(H2,19,20,21)/t10-,12-,13-,14-,17+/m1/s1. The minimum absolute atomic E-state index is 0.0833. The molecule has 1 aliphatic rings. The number of aromatic nitrogens is 3. The highest BCUT2D eigenvalue weighted by molar-refractivity contribution is 5.75. The third-order valence-corrected chi connectivity index (χ3v) is 5.04. The largest absolute Gasteiger partial charge is 0.462 e. The number of ether oxygens (including phenoxy) is 2. The van der Waals surface area contributed by atoms with Crippen LogP contribution in [0, 0.1) is 5.92 Å². The van der Waals surface area contributed by atoms with E-state index in [9.17, 15) is 15.0 Å². The molecule has 1 saturated heterocycles. The van der Waals surface area contributed by atoms with Crippen LogP contribution in [-0.4, -0.2) is 61.7 Å². The molecule has 0 aromatic carbocycles. The Balaban J connectivity index is 1.81. The van der Waals surface area contributed by atoms with Crippen molar-refractivity contribution in [1.82, 2.24) is 14.6 Å². The van der Waals surface area contributed by atoms with Crippen LogP contribution in [0.1, 0.15) is 26.5 Å². The number of carbonyl (C=O) groups excluding carboxylic acids is 1. The number of nitrogen functional groups attached to an aromatic ring is 1. The van der Waals surface area contributed by atoms with Crippen LogP contribution in [0.15, 0.2) is 18.5 Å². The lowest BCUT2D eigenvalue weighted by molar-refractivity contribution is -0.154. The van der Waals surface area contributed by atoms with Crippen molar-refractivity contribution >= 4 is 17.3 Å². The van der Waals surface area contributed by atoms with Crippen LogP contribution in [0.3, 0.4) is 0 Å². The zero-order valence-electron chi connectivity index (χ0n) is 15.4. The third kappa shape index (κ3) is 3.25. The quantitative estimate of drug-likeness (QED) is 0.487. The van der Waals surface area contributed by atoms with Gasteiger partial charge >= 0.3 is 5.97 Å². The number of carbonyl (C=O) groups is 1. The minimum atomic E-state index is -1.29. The molecular weight excluding hydrogens is 354 g/mol. The number of rotatable bonds is 5. The Bertz CT molecular complexity index is 840. The average molecular weight is 379 g/mol. The maximum Gasteiger partial charge on any atom is 0.323 e. The van der Waals surface area contributed by atoms with Gasteiger partial charge in [0.15, 0.2) is 5.82 Å². The molecule has 0 amide bonds. The summed E-state index contributed by atoms with van der Waals surface area (Å²) in [5.41, 5.74) is 11.4. The maximum atomic E-state index is 11.9. The van der Waals surface area contributed by atoms with Crippen molar-refractivity contribution in [2.75, 3.05) is 12.3 Å². The molecule has 0 bridgehead atoms. The van der Waals surface area contributed by atoms with E-state index in [1.54, 1.807) is 32.9 Å². The summed E-state index contributed by atoms with van der Waals surface area (Å²) >= 11 is 0. The van der Waals surface area contributed by atoms with E-state index < -0.39 is 35.9 Å². The van der Waals surface area contributed by atoms with E-state index in [4.69, 9.17) is 20.9 Å². The molecule has 148 valence electrons. The summed E-state index contributed by atoms with van der Waals surface area (Å²) in [6, 6.07) is 2.63. The van der Waals surface area contributed by atoms with Crippen LogP contribution in [0.25, 0.3) is 5.52 Å². The first-order chi connectivity index (χ1) is 12.7. The molecule has 0 aliphatic carbocycles. The number of hydrogen-bond acceptors (Lipinski definition) is 9. The highest BCUT2D eigenvalue weighted by atomic mass is 16.6. The van der Waals surface area contributed by atoms with E-state index in [1.807, 2.05) is 0 Å². The van der Waals surface area contributed by atoms with Gasteiger partial charge in [-0.15, -0.1) is 0 Å². The van der Waals surface area contributed by atoms with Gasteiger partial charge in [0.05, 0.1) is 5.69 Å². The number of fused-ring (bicyclic) bond motifs is 1. The smallest absolute Gasteiger partial charge is 0.323 e. The van der Waals surface area contributed by atoms with E-state index >= 15 is 0 Å². The van der Waals surface area contributed by atoms with Crippen molar-refractivity contribution in [3.63, 3.8) is 0 Å². The fraction of sp³-hybridized carbons (Fsp3) is 0.588. The SMILES string of the molecule is CC(C)[C@@H](N)C(=O)OC[C@H]1O[C@@](C)(c2ccc3c(N)ncnn23)[C@H](O)[C@@H]1O. The Morgan fingerprint density at radius 3 is 2.81 bits per heavy atom. The Kier molecular flexibility index (Phi) is 5.08. The van der Waals surface area contributed by atoms with Crippen LogP contribution in [0.2, 0.25) is 0 Å². The Hall–Kier alpha value is -2.27. The second-order valence-corrected chi connectivity index (χ2v) is 7.26. The highest BCUT2D eigenvalue weighted by Gasteiger charge is 2.54. The summed E-state index contributed by atoms with van der Waals surface area (Å²) in [4.78, 5) is 15.9. The number of aliphatic hydroxyl groups excluding tert-OH is 2. The van der Waals surface area contributed by atoms with Gasteiger partial charge in [-0.1, -0.05) is 13.8 Å². The van der Waals surface area contributed by atoms with E-state index in [1.165, 1.54) is 10.8 Å². The summed E-state index contributed by atoms with van der Waals surface area (Å²) in [6.45, 7) is 5.01. The Labute approximate surface area is 156 Å². The number of anilines is 1. The van der Waals surface area contributed by atoms with Crippen LogP contribution >= 0.6 is 0 Å². The van der Waals surface area contributed by atoms with Crippen molar-refractivity contribution in [3.8, 4) is 0 Å². The van der Waals surface area contributed by atoms with Gasteiger partial charge in [-0.05, 0) is 25.0 Å². The monoisotopic (exact) mass is 379 g/mol. The predicted molar refractivity (Wildman–Crippen MR) is 95.4 cm³/mol. The van der Waals surface area contributed by atoms with Crippen LogP contribution in [-0.2, 0) is 19.9 Å². The zero-order chi connectivity index (χ0) is 19.9. The molecule has 1 fully saturated rings. The molecule has 3 heterocycles. The van der Waals surface area contributed by atoms with Gasteiger partial charge in [-0.25, -0.2) is 9.50 Å². The number of aliphatic hydroxyl groups is 2. The summed E-state index contributed by atoms with van der Waals surface area (Å²) in [5.74, 6) is -0.390. The highest BCUT2D eigenvalue weighted by Crippen LogP contribution is 2.40. The van der Waals surface area contributed by atoms with Gasteiger partial charge in [0.1, 0.15) is 48.4 Å². The predicted octanol–water partition coefficient (Wildman–Crippen LogP) is -0.826. The fourth-order valence-corrected chi connectivity index (χ4v) is 3.19. The van der Waals surface area contributed by atoms with Crippen LogP contribution in [0.4, 0.5) is 5.82 Å². The second kappa shape index (κ2) is 7.04. The number of esters is 1. The molecular formula is C17H25N5O5. The van der Waals surface area contributed by atoms with Crippen LogP contribution in [0.5, 0.6) is 0 Å². The van der Waals surface area contributed by atoms with E-state index in [0.717, 1.165) is 0 Å². The molecule has 3 rings (SSSR count). The number of nitrogens with two attached hydrogens (primary N) is 2. The minimum Gasteiger partial charge on any atom is -0.462 e. The molecule has 10 nitrogen and oxygen atoms in total. The molecule has 10 heteroatoms. The summed E-state index contributed by atoms with van der Waals surface area (Å²) in [6.07, 6.45) is -2.16. The normalized spacial score (nSPS) is 29.4. The lowest BCUT2D eigenvalue weighted by atomic mass is 9.93. The second-order valence-electron chi connectivity index (χ2n) is 7.26. The van der Waals surface area contributed by atoms with Gasteiger partial charge in [0, 0.05) is 0 Å². The van der Waals surface area contributed by atoms with Gasteiger partial charge in [-0.2, -0.15) is 5.10 Å². The van der Waals surface area contributed by atoms with Gasteiger partial charge in [0.25, 0.3) is 0 Å². The molecule has 0 spiro atoms. The van der Waals surface area contributed by atoms with Crippen LogP contribution < -0.4 is 11.5 Å². The topological polar surface area (TPSA) is 158 Å². The first kappa shape index (κ1) is 19.5. The molecule has 2 aromatic heterocycles. The molecule has 2 aromatic rings. The lowest BCUT2D eigenvalue weighted by Gasteiger charge is -2.27. The van der Waals surface area contributed by atoms with Crippen molar-refractivity contribution in [1.29, 1.82) is 0 Å². The first-order valence-electron chi connectivity index (χ1n) is 8.71. The molecule has 27 heavy (non-hydrogen) atoms. The van der Waals surface area contributed by atoms with Gasteiger partial charge in [0.2, 0.25) is 0 Å². The first-order valence-corrected chi connectivity index (χ1v) is 8.71. The number of hydrogen-bond donors (Lipinski definition) is 4. The Morgan fingerprint density at radius 1 is 1.44 bits per heavy atom. The third-order valence-electron chi connectivity index (χ3n) is 5.04. The van der Waals surface area contributed by atoms with Crippen molar-refractivity contribution < 1.29 is 24.5 Å². The van der Waals surface area contributed by atoms with E-state index in [2.05, 4.69) is 10.1 Å². The summed E-state index contributed by atoms with van der Waals surface area (Å²) in [7, 11) is 0. The molecule has 0 saturated carbocycles. The summed E-state index contributed by atoms with van der Waals surface area (Å²) in [5, 5.41) is 25.2. The van der Waals surface area contributed by atoms with Gasteiger partial charge < -0.3 is 31.2 Å². The molecule has 1 aliphatic heterocycles. The molecule has 5 atom stereocenters. The Morgan fingerprint density at radius 2 is 2.15 bits per heavy atom. The van der Waals surface area contributed by atoms with Crippen molar-refractivity contribution in [2.45, 2.75) is 50.7 Å². The van der Waals surface area contributed by atoms with E-state index in [-0.39, 0.29) is 18.3 Å². The average Bonchev–Trinajstić information content (AvgIpc) is 3.16. The molecule has 6 N–H and O–H groups in total. The zero-order valence-corrected chi connectivity index (χ0v) is 15.4. The maximum absolute atomic E-state index is 11.9. The van der Waals surface area contributed by atoms with E-state index in [0.29, 0.717) is 11.2 Å². The van der Waals surface area contributed by atoms with Crippen molar-refractivity contribution in [3.05, 3.63) is 24.2 Å². The summed E-state index contributed by atoms with van der Waals surface area (Å²) < 4.78 is 12.6. The van der Waals surface area contributed by atoms with Crippen molar-refractivity contribution in [2.24, 2.45) is 11.7 Å². The number of nitrogens with zero attached hydrogens (tertiary/aromatic N) is 3.